The van der Waals surface area contributed by atoms with Gasteiger partial charge in [0.25, 0.3) is 0 Å². The number of aryl methyl sites for hydroxylation is 1. The first-order chi connectivity index (χ1) is 11.0. The molecule has 1 unspecified atom stereocenters. The molecule has 1 aromatic carbocycles. The van der Waals surface area contributed by atoms with E-state index in [0.717, 1.165) is 12.0 Å². The van der Waals surface area contributed by atoms with Gasteiger partial charge in [0.1, 0.15) is 5.82 Å². The van der Waals surface area contributed by atoms with Gasteiger partial charge < -0.3 is 10.4 Å². The van der Waals surface area contributed by atoms with E-state index in [4.69, 9.17) is 0 Å². The van der Waals surface area contributed by atoms with Crippen LogP contribution < -0.4 is 10.6 Å². The predicted octanol–water partition coefficient (Wildman–Crippen LogP) is 2.88. The number of amides is 2. The van der Waals surface area contributed by atoms with Crippen LogP contribution in [0.3, 0.4) is 0 Å². The maximum Gasteiger partial charge on any atom is 0.320 e. The molecule has 1 heterocycles. The Hall–Kier alpha value is -2.34. The summed E-state index contributed by atoms with van der Waals surface area (Å²) in [5.74, 6) is 0.621. The van der Waals surface area contributed by atoms with Gasteiger partial charge in [-0.2, -0.15) is 5.10 Å². The minimum atomic E-state index is -0.448. The lowest BCUT2D eigenvalue weighted by Crippen LogP contribution is -2.35. The summed E-state index contributed by atoms with van der Waals surface area (Å²) in [6.45, 7) is 5.90. The number of carbonyl (C=O) groups is 1. The number of anilines is 1. The molecule has 124 valence electrons. The lowest BCUT2D eigenvalue weighted by atomic mass is 10.0. The molecular formula is C17H24N4O2. The van der Waals surface area contributed by atoms with Crippen molar-refractivity contribution < 1.29 is 9.90 Å². The second-order valence-corrected chi connectivity index (χ2v) is 5.68. The minimum Gasteiger partial charge on any atom is -0.394 e. The average Bonchev–Trinajstić information content (AvgIpc) is 3.01. The number of rotatable bonds is 6. The highest BCUT2D eigenvalue weighted by Crippen LogP contribution is 2.16. The molecule has 3 N–H and O–H groups in total. The summed E-state index contributed by atoms with van der Waals surface area (Å²) in [5.41, 5.74) is 2.09. The number of aliphatic hydroxyl groups is 1. The van der Waals surface area contributed by atoms with Crippen LogP contribution in [0.1, 0.15) is 44.0 Å². The third-order valence-corrected chi connectivity index (χ3v) is 3.68. The summed E-state index contributed by atoms with van der Waals surface area (Å²) in [5, 5.41) is 19.3. The fraction of sp³-hybridized carbons (Fsp3) is 0.412. The Morgan fingerprint density at radius 3 is 2.52 bits per heavy atom. The molecule has 0 aliphatic carbocycles. The molecule has 0 aliphatic rings. The third kappa shape index (κ3) is 4.32. The number of benzene rings is 1. The topological polar surface area (TPSA) is 79.2 Å². The summed E-state index contributed by atoms with van der Waals surface area (Å²) in [6, 6.07) is 8.94. The normalized spacial score (nSPS) is 12.2. The van der Waals surface area contributed by atoms with Crippen molar-refractivity contribution in [3.8, 4) is 0 Å². The van der Waals surface area contributed by atoms with Crippen LogP contribution in [0.4, 0.5) is 10.6 Å². The van der Waals surface area contributed by atoms with Gasteiger partial charge in [-0.1, -0.05) is 31.2 Å². The second-order valence-electron chi connectivity index (χ2n) is 5.68. The zero-order valence-electron chi connectivity index (χ0n) is 13.8. The largest absolute Gasteiger partial charge is 0.394 e. The van der Waals surface area contributed by atoms with Gasteiger partial charge in [0.2, 0.25) is 0 Å². The monoisotopic (exact) mass is 316 g/mol. The van der Waals surface area contributed by atoms with Gasteiger partial charge in [-0.3, -0.25) is 5.32 Å². The van der Waals surface area contributed by atoms with Gasteiger partial charge in [0.05, 0.1) is 18.8 Å². The van der Waals surface area contributed by atoms with Crippen LogP contribution >= 0.6 is 0 Å². The van der Waals surface area contributed by atoms with Crippen molar-refractivity contribution in [2.24, 2.45) is 0 Å². The zero-order chi connectivity index (χ0) is 16.8. The lowest BCUT2D eigenvalue weighted by Gasteiger charge is -2.18. The predicted molar refractivity (Wildman–Crippen MR) is 90.4 cm³/mol. The molecule has 0 radical (unpaired) electrons. The standard InChI is InChI=1S/C17H24N4O2/c1-4-13-5-7-14(8-6-13)15(11-22)19-17(23)20-16-9-10-18-21(16)12(2)3/h5-10,12,15,22H,4,11H2,1-3H3,(H2,19,20,23). The molecule has 23 heavy (non-hydrogen) atoms. The Morgan fingerprint density at radius 2 is 1.96 bits per heavy atom. The van der Waals surface area contributed by atoms with Crippen molar-refractivity contribution in [2.45, 2.75) is 39.3 Å². The fourth-order valence-corrected chi connectivity index (χ4v) is 2.36. The SMILES string of the molecule is CCc1ccc(C(CO)NC(=O)Nc2ccnn2C(C)C)cc1. The van der Waals surface area contributed by atoms with Crippen molar-refractivity contribution in [3.63, 3.8) is 0 Å². The molecule has 0 saturated heterocycles. The van der Waals surface area contributed by atoms with Crippen molar-refractivity contribution in [2.75, 3.05) is 11.9 Å². The summed E-state index contributed by atoms with van der Waals surface area (Å²) < 4.78 is 1.73. The molecule has 6 heteroatoms. The van der Waals surface area contributed by atoms with E-state index in [-0.39, 0.29) is 18.7 Å². The molecule has 2 amide bonds. The maximum atomic E-state index is 12.2. The molecule has 0 fully saturated rings. The number of hydrogen-bond acceptors (Lipinski definition) is 3. The molecule has 0 saturated carbocycles. The summed E-state index contributed by atoms with van der Waals surface area (Å²) >= 11 is 0. The highest BCUT2D eigenvalue weighted by molar-refractivity contribution is 5.88. The van der Waals surface area contributed by atoms with Crippen LogP contribution in [-0.2, 0) is 6.42 Å². The van der Waals surface area contributed by atoms with E-state index in [2.05, 4.69) is 22.7 Å². The van der Waals surface area contributed by atoms with Gasteiger partial charge in [-0.15, -0.1) is 0 Å². The van der Waals surface area contributed by atoms with E-state index in [1.807, 2.05) is 38.1 Å². The number of hydrogen-bond donors (Lipinski definition) is 3. The molecule has 2 rings (SSSR count). The Kier molecular flexibility index (Phi) is 5.76. The zero-order valence-corrected chi connectivity index (χ0v) is 13.8. The number of aromatic nitrogens is 2. The van der Waals surface area contributed by atoms with Crippen molar-refractivity contribution in [1.29, 1.82) is 0 Å². The number of urea groups is 1. The summed E-state index contributed by atoms with van der Waals surface area (Å²) in [4.78, 5) is 12.2. The smallest absolute Gasteiger partial charge is 0.320 e. The van der Waals surface area contributed by atoms with Crippen LogP contribution in [0, 0.1) is 0 Å². The quantitative estimate of drug-likeness (QED) is 0.766. The number of nitrogens with one attached hydrogen (secondary N) is 2. The second kappa shape index (κ2) is 7.78. The molecule has 0 aliphatic heterocycles. The van der Waals surface area contributed by atoms with Crippen LogP contribution in [0.2, 0.25) is 0 Å². The molecule has 6 nitrogen and oxygen atoms in total. The van der Waals surface area contributed by atoms with E-state index >= 15 is 0 Å². The number of nitrogens with zero attached hydrogens (tertiary/aromatic N) is 2. The van der Waals surface area contributed by atoms with E-state index in [9.17, 15) is 9.90 Å². The summed E-state index contributed by atoms with van der Waals surface area (Å²) in [6.07, 6.45) is 2.60. The van der Waals surface area contributed by atoms with E-state index < -0.39 is 6.04 Å². The van der Waals surface area contributed by atoms with E-state index in [0.29, 0.717) is 5.82 Å². The molecular weight excluding hydrogens is 292 g/mol. The highest BCUT2D eigenvalue weighted by Gasteiger charge is 2.15. The highest BCUT2D eigenvalue weighted by atomic mass is 16.3. The van der Waals surface area contributed by atoms with Crippen molar-refractivity contribution in [1.82, 2.24) is 15.1 Å². The first-order valence-corrected chi connectivity index (χ1v) is 7.85. The van der Waals surface area contributed by atoms with Gasteiger partial charge in [0, 0.05) is 12.1 Å². The van der Waals surface area contributed by atoms with Crippen LogP contribution in [0.5, 0.6) is 0 Å². The Bertz CT molecular complexity index is 634. The first-order valence-electron chi connectivity index (χ1n) is 7.85. The van der Waals surface area contributed by atoms with Crippen LogP contribution in [-0.4, -0.2) is 27.5 Å². The Balaban J connectivity index is 2.03. The van der Waals surface area contributed by atoms with Crippen molar-refractivity contribution in [3.05, 3.63) is 47.7 Å². The van der Waals surface area contributed by atoms with Gasteiger partial charge in [-0.25, -0.2) is 9.48 Å². The van der Waals surface area contributed by atoms with Crippen LogP contribution in [0.15, 0.2) is 36.5 Å². The van der Waals surface area contributed by atoms with E-state index in [1.165, 1.54) is 5.56 Å². The molecule has 1 atom stereocenters. The minimum absolute atomic E-state index is 0.149. The van der Waals surface area contributed by atoms with Crippen molar-refractivity contribution >= 4 is 11.8 Å². The Labute approximate surface area is 136 Å². The number of carbonyl (C=O) groups excluding carboxylic acids is 1. The Morgan fingerprint density at radius 1 is 1.26 bits per heavy atom. The fourth-order valence-electron chi connectivity index (χ4n) is 2.36. The number of aliphatic hydroxyl groups excluding tert-OH is 1. The van der Waals surface area contributed by atoms with Gasteiger partial charge in [0.15, 0.2) is 0 Å². The lowest BCUT2D eigenvalue weighted by molar-refractivity contribution is 0.225. The third-order valence-electron chi connectivity index (χ3n) is 3.68. The maximum absolute atomic E-state index is 12.2. The molecule has 1 aromatic heterocycles. The summed E-state index contributed by atoms with van der Waals surface area (Å²) in [7, 11) is 0. The first kappa shape index (κ1) is 17.0. The van der Waals surface area contributed by atoms with Gasteiger partial charge in [-0.05, 0) is 31.4 Å². The molecule has 0 spiro atoms. The average molecular weight is 316 g/mol. The van der Waals surface area contributed by atoms with E-state index in [1.54, 1.807) is 16.9 Å². The molecule has 0 bridgehead atoms. The van der Waals surface area contributed by atoms with Gasteiger partial charge >= 0.3 is 6.03 Å². The van der Waals surface area contributed by atoms with Crippen LogP contribution in [0.25, 0.3) is 0 Å². The molecule has 2 aromatic rings.